The van der Waals surface area contributed by atoms with Gasteiger partial charge in [0.05, 0.1) is 10.1 Å². The molecule has 3 rings (SSSR count). The van der Waals surface area contributed by atoms with Crippen LogP contribution in [-0.4, -0.2) is 20.7 Å². The van der Waals surface area contributed by atoms with E-state index in [0.29, 0.717) is 4.90 Å². The largest absolute Gasteiger partial charge is 0.333 e. The van der Waals surface area contributed by atoms with Gasteiger partial charge < -0.3 is 5.73 Å². The van der Waals surface area contributed by atoms with Gasteiger partial charge in [0.15, 0.2) is 9.84 Å². The van der Waals surface area contributed by atoms with E-state index in [1.165, 1.54) is 7.05 Å². The van der Waals surface area contributed by atoms with Crippen LogP contribution in [0, 0.1) is 12.8 Å². The molecule has 0 bridgehead atoms. The molecule has 0 saturated carbocycles. The summed E-state index contributed by atoms with van der Waals surface area (Å²) in [4.78, 5) is 0.527. The number of sulfone groups is 1. The van der Waals surface area contributed by atoms with E-state index in [1.807, 2.05) is 71.1 Å². The molecule has 0 radical (unpaired) electrons. The van der Waals surface area contributed by atoms with Crippen LogP contribution in [-0.2, 0) is 16.3 Å². The Bertz CT molecular complexity index is 631. The molecule has 1 heterocycles. The number of rotatable bonds is 0. The lowest BCUT2D eigenvalue weighted by atomic mass is 9.92. The maximum atomic E-state index is 12.5. The highest BCUT2D eigenvalue weighted by Gasteiger charge is 2.38. The topological polar surface area (TPSA) is 60.2 Å². The Morgan fingerprint density at radius 2 is 1.57 bits per heavy atom. The molecule has 3 nitrogen and oxygen atoms in total. The molecule has 130 valence electrons. The molecule has 0 spiro atoms. The van der Waals surface area contributed by atoms with Crippen LogP contribution in [0.1, 0.15) is 38.8 Å². The zero-order valence-electron chi connectivity index (χ0n) is 15.2. The molecule has 0 amide bonds. The molecule has 2 atom stereocenters. The minimum Gasteiger partial charge on any atom is -0.333 e. The van der Waals surface area contributed by atoms with Crippen molar-refractivity contribution < 1.29 is 8.42 Å². The van der Waals surface area contributed by atoms with Crippen molar-refractivity contribution in [3.05, 3.63) is 53.6 Å². The highest BCUT2D eigenvalue weighted by Crippen LogP contribution is 2.36. The summed E-state index contributed by atoms with van der Waals surface area (Å²) in [7, 11) is -1.70. The molecule has 1 aromatic carbocycles. The van der Waals surface area contributed by atoms with Gasteiger partial charge in [-0.05, 0) is 37.6 Å². The number of hydrogen-bond donors (Lipinski definition) is 1. The number of allylic oxidation sites excluding steroid dienone is 3. The van der Waals surface area contributed by atoms with Crippen LogP contribution < -0.4 is 5.73 Å². The Morgan fingerprint density at radius 1 is 1.00 bits per heavy atom. The first-order valence-electron chi connectivity index (χ1n) is 8.35. The number of nitrogens with two attached hydrogens (primary N) is 1. The van der Waals surface area contributed by atoms with E-state index < -0.39 is 9.84 Å². The summed E-state index contributed by atoms with van der Waals surface area (Å²) in [6, 6.07) is 5.73. The average Bonchev–Trinajstić information content (AvgIpc) is 2.61. The smallest absolute Gasteiger partial charge is 0.185 e. The first-order chi connectivity index (χ1) is 11.1. The van der Waals surface area contributed by atoms with Gasteiger partial charge in [0.1, 0.15) is 0 Å². The van der Waals surface area contributed by atoms with Crippen LogP contribution in [0.2, 0.25) is 0 Å². The fraction of sp³-hybridized carbons (Fsp3) is 0.474. The summed E-state index contributed by atoms with van der Waals surface area (Å²) >= 11 is 0. The molecule has 23 heavy (non-hydrogen) atoms. The minimum atomic E-state index is -3.20. The molecule has 0 fully saturated rings. The van der Waals surface area contributed by atoms with Crippen molar-refractivity contribution in [1.82, 2.24) is 0 Å². The third-order valence-corrected chi connectivity index (χ3v) is 5.75. The van der Waals surface area contributed by atoms with Crippen molar-refractivity contribution in [3.63, 3.8) is 0 Å². The van der Waals surface area contributed by atoms with Gasteiger partial charge in [-0.2, -0.15) is 0 Å². The molecule has 0 saturated heterocycles. The van der Waals surface area contributed by atoms with E-state index >= 15 is 0 Å². The molecular weight excluding hydrogens is 306 g/mol. The normalized spacial score (nSPS) is 21.9. The summed E-state index contributed by atoms with van der Waals surface area (Å²) < 4.78 is 25.0. The van der Waals surface area contributed by atoms with Gasteiger partial charge in [0, 0.05) is 5.92 Å². The molecule has 4 heteroatoms. The Morgan fingerprint density at radius 3 is 2.17 bits per heavy atom. The fourth-order valence-corrected chi connectivity index (χ4v) is 4.75. The number of hydrogen-bond acceptors (Lipinski definition) is 3. The lowest BCUT2D eigenvalue weighted by Gasteiger charge is -2.30. The lowest BCUT2D eigenvalue weighted by Crippen LogP contribution is -2.34. The van der Waals surface area contributed by atoms with Crippen molar-refractivity contribution in [2.45, 2.75) is 51.2 Å². The average molecular weight is 338 g/mol. The zero-order valence-corrected chi connectivity index (χ0v) is 16.0. The first kappa shape index (κ1) is 21.6. The van der Waals surface area contributed by atoms with E-state index in [2.05, 4.69) is 5.73 Å². The summed E-state index contributed by atoms with van der Waals surface area (Å²) in [5, 5.41) is -0.373. The van der Waals surface area contributed by atoms with Crippen LogP contribution in [0.5, 0.6) is 0 Å². The SMILES string of the molecule is CC.CC.CN.Cc1ccc2c(c1)S(=O)(=O)C1C=CC=CC1C2. The van der Waals surface area contributed by atoms with Gasteiger partial charge in [-0.15, -0.1) is 0 Å². The quantitative estimate of drug-likeness (QED) is 0.776. The Kier molecular flexibility index (Phi) is 9.77. The van der Waals surface area contributed by atoms with Gasteiger partial charge in [-0.3, -0.25) is 0 Å². The Hall–Kier alpha value is -1.39. The number of fused-ring (bicyclic) bond motifs is 2. The maximum absolute atomic E-state index is 12.5. The molecule has 1 aliphatic heterocycles. The van der Waals surface area contributed by atoms with Crippen molar-refractivity contribution in [2.75, 3.05) is 7.05 Å². The zero-order chi connectivity index (χ0) is 18.0. The van der Waals surface area contributed by atoms with E-state index in [-0.39, 0.29) is 11.2 Å². The van der Waals surface area contributed by atoms with Gasteiger partial charge in [0.25, 0.3) is 0 Å². The maximum Gasteiger partial charge on any atom is 0.185 e. The van der Waals surface area contributed by atoms with E-state index in [1.54, 1.807) is 6.07 Å². The third kappa shape index (κ3) is 4.79. The number of benzene rings is 1. The van der Waals surface area contributed by atoms with Crippen molar-refractivity contribution >= 4 is 9.84 Å². The molecule has 0 aromatic heterocycles. The standard InChI is InChI=1S/C14H14O2S.2C2H6.CH5N/c1-10-6-7-12-9-11-4-2-3-5-13(11)17(15,16)14(12)8-10;3*1-2/h2-8,11,13H,9H2,1H3;2*1-2H3;2H2,1H3. The molecule has 1 aromatic rings. The summed E-state index contributed by atoms with van der Waals surface area (Å²) in [5.74, 6) is 0.0974. The van der Waals surface area contributed by atoms with Crippen molar-refractivity contribution in [2.24, 2.45) is 11.7 Å². The van der Waals surface area contributed by atoms with E-state index in [4.69, 9.17) is 0 Å². The van der Waals surface area contributed by atoms with Crippen LogP contribution in [0.4, 0.5) is 0 Å². The van der Waals surface area contributed by atoms with Gasteiger partial charge in [-0.25, -0.2) is 8.42 Å². The monoisotopic (exact) mass is 337 g/mol. The Labute approximate surface area is 142 Å². The number of aryl methyl sites for hydroxylation is 1. The molecule has 2 aliphatic rings. The third-order valence-electron chi connectivity index (χ3n) is 3.54. The molecule has 2 unspecified atom stereocenters. The molecular formula is C19H31NO2S. The fourth-order valence-electron chi connectivity index (χ4n) is 2.65. The first-order valence-corrected chi connectivity index (χ1v) is 9.90. The Balaban J connectivity index is 0.000000728. The van der Waals surface area contributed by atoms with E-state index in [9.17, 15) is 8.42 Å². The molecule has 1 aliphatic carbocycles. The van der Waals surface area contributed by atoms with Gasteiger partial charge in [-0.1, -0.05) is 64.1 Å². The van der Waals surface area contributed by atoms with Crippen LogP contribution in [0.3, 0.4) is 0 Å². The van der Waals surface area contributed by atoms with Crippen molar-refractivity contribution in [1.29, 1.82) is 0 Å². The second-order valence-corrected chi connectivity index (χ2v) is 6.83. The summed E-state index contributed by atoms with van der Waals surface area (Å²) in [5.41, 5.74) is 6.46. The van der Waals surface area contributed by atoms with Crippen LogP contribution in [0.15, 0.2) is 47.4 Å². The highest BCUT2D eigenvalue weighted by molar-refractivity contribution is 7.92. The minimum absolute atomic E-state index is 0.0974. The predicted octanol–water partition coefficient (Wildman–Crippen LogP) is 4.06. The second kappa shape index (κ2) is 10.4. The van der Waals surface area contributed by atoms with Crippen LogP contribution in [0.25, 0.3) is 0 Å². The summed E-state index contributed by atoms with van der Waals surface area (Å²) in [6.07, 6.45) is 8.41. The highest BCUT2D eigenvalue weighted by atomic mass is 32.2. The van der Waals surface area contributed by atoms with Gasteiger partial charge >= 0.3 is 0 Å². The predicted molar refractivity (Wildman–Crippen MR) is 100 cm³/mol. The lowest BCUT2D eigenvalue weighted by molar-refractivity contribution is 0.542. The molecule has 2 N–H and O–H groups in total. The van der Waals surface area contributed by atoms with Crippen LogP contribution >= 0.6 is 0 Å². The van der Waals surface area contributed by atoms with Crippen molar-refractivity contribution in [3.8, 4) is 0 Å². The summed E-state index contributed by atoms with van der Waals surface area (Å²) in [6.45, 7) is 9.93. The van der Waals surface area contributed by atoms with E-state index in [0.717, 1.165) is 17.5 Å². The second-order valence-electron chi connectivity index (χ2n) is 4.76. The van der Waals surface area contributed by atoms with Gasteiger partial charge in [0.2, 0.25) is 0 Å².